The van der Waals surface area contributed by atoms with Crippen molar-refractivity contribution in [2.24, 2.45) is 0 Å². The van der Waals surface area contributed by atoms with Gasteiger partial charge in [0.1, 0.15) is 0 Å². The van der Waals surface area contributed by atoms with Crippen LogP contribution in [0.4, 0.5) is 18.9 Å². The number of alkyl halides is 3. The number of anilines is 1. The molecule has 1 heterocycles. The Labute approximate surface area is 161 Å². The van der Waals surface area contributed by atoms with E-state index in [1.165, 1.54) is 25.1 Å². The van der Waals surface area contributed by atoms with Crippen molar-refractivity contribution >= 4 is 28.3 Å². The Hall–Kier alpha value is -3.69. The minimum Gasteiger partial charge on any atom is -0.448 e. The third-order valence-electron chi connectivity index (χ3n) is 4.00. The fourth-order valence-electron chi connectivity index (χ4n) is 2.56. The van der Waals surface area contributed by atoms with Crippen LogP contribution in [0.2, 0.25) is 0 Å². The molecule has 1 amide bonds. The lowest BCUT2D eigenvalue weighted by atomic mass is 10.1. The third kappa shape index (κ3) is 4.42. The standard InChI is InChI=1S/C19H14F3N3O4/c1-10(16(26)23-12-6-4-5-11(9-12)19(20,21)22)29-18(28)15-13-7-2-3-8-14(13)17(27)25-24-15/h2-10H,1H3,(H,23,26)(H,25,27)/t10-/m0/s1. The number of carbonyl (C=O) groups excluding carboxylic acids is 2. The number of nitrogens with one attached hydrogen (secondary N) is 2. The highest BCUT2D eigenvalue weighted by Crippen LogP contribution is 2.30. The summed E-state index contributed by atoms with van der Waals surface area (Å²) in [6.45, 7) is 1.26. The molecule has 3 rings (SSSR count). The molecular formula is C19H14F3N3O4. The highest BCUT2D eigenvalue weighted by atomic mass is 19.4. The molecule has 7 nitrogen and oxygen atoms in total. The zero-order chi connectivity index (χ0) is 21.2. The lowest BCUT2D eigenvalue weighted by Gasteiger charge is -2.14. The molecule has 150 valence electrons. The van der Waals surface area contributed by atoms with E-state index in [1.807, 2.05) is 0 Å². The smallest absolute Gasteiger partial charge is 0.416 e. The minimum atomic E-state index is -4.56. The Morgan fingerprint density at radius 2 is 1.79 bits per heavy atom. The van der Waals surface area contributed by atoms with E-state index < -0.39 is 35.3 Å². The molecule has 0 fully saturated rings. The van der Waals surface area contributed by atoms with Crippen LogP contribution in [-0.4, -0.2) is 28.2 Å². The first kappa shape index (κ1) is 20.1. The Bertz CT molecular complexity index is 1140. The van der Waals surface area contributed by atoms with Crippen molar-refractivity contribution in [2.45, 2.75) is 19.2 Å². The largest absolute Gasteiger partial charge is 0.448 e. The van der Waals surface area contributed by atoms with E-state index in [0.29, 0.717) is 0 Å². The monoisotopic (exact) mass is 405 g/mol. The maximum Gasteiger partial charge on any atom is 0.416 e. The number of benzene rings is 2. The summed E-state index contributed by atoms with van der Waals surface area (Å²) in [5.74, 6) is -1.80. The number of aromatic amines is 1. The number of esters is 1. The van der Waals surface area contributed by atoms with Crippen molar-refractivity contribution in [3.05, 3.63) is 70.1 Å². The molecule has 2 N–H and O–H groups in total. The molecule has 0 spiro atoms. The molecule has 0 saturated carbocycles. The number of halogens is 3. The van der Waals surface area contributed by atoms with Crippen molar-refractivity contribution < 1.29 is 27.5 Å². The minimum absolute atomic E-state index is 0.0969. The Morgan fingerprint density at radius 3 is 2.48 bits per heavy atom. The van der Waals surface area contributed by atoms with E-state index in [1.54, 1.807) is 12.1 Å². The molecule has 0 radical (unpaired) electrons. The number of H-pyrrole nitrogens is 1. The van der Waals surface area contributed by atoms with Crippen molar-refractivity contribution in [3.8, 4) is 0 Å². The van der Waals surface area contributed by atoms with E-state index in [4.69, 9.17) is 4.74 Å². The lowest BCUT2D eigenvalue weighted by Crippen LogP contribution is -2.30. The van der Waals surface area contributed by atoms with Crippen LogP contribution in [0.3, 0.4) is 0 Å². The van der Waals surface area contributed by atoms with Crippen LogP contribution in [0, 0.1) is 0 Å². The summed E-state index contributed by atoms with van der Waals surface area (Å²) in [6, 6.07) is 10.3. The molecule has 10 heteroatoms. The number of hydrogen-bond acceptors (Lipinski definition) is 5. The average Bonchev–Trinajstić information content (AvgIpc) is 2.68. The molecule has 0 aliphatic carbocycles. The third-order valence-corrected chi connectivity index (χ3v) is 4.00. The van der Waals surface area contributed by atoms with E-state index in [2.05, 4.69) is 15.5 Å². The summed E-state index contributed by atoms with van der Waals surface area (Å²) in [7, 11) is 0. The van der Waals surface area contributed by atoms with Gasteiger partial charge in [-0.2, -0.15) is 18.3 Å². The highest BCUT2D eigenvalue weighted by molar-refractivity contribution is 6.03. The Morgan fingerprint density at radius 1 is 1.10 bits per heavy atom. The molecule has 1 aromatic heterocycles. The molecule has 2 aromatic carbocycles. The Balaban J connectivity index is 1.75. The number of ether oxygens (including phenoxy) is 1. The molecule has 29 heavy (non-hydrogen) atoms. The zero-order valence-corrected chi connectivity index (χ0v) is 14.9. The van der Waals surface area contributed by atoms with E-state index in [-0.39, 0.29) is 22.2 Å². The topological polar surface area (TPSA) is 101 Å². The predicted octanol–water partition coefficient (Wildman–Crippen LogP) is 3.13. The van der Waals surface area contributed by atoms with Gasteiger partial charge in [0.05, 0.1) is 10.9 Å². The van der Waals surface area contributed by atoms with Crippen molar-refractivity contribution in [3.63, 3.8) is 0 Å². The quantitative estimate of drug-likeness (QED) is 0.650. The molecule has 0 aliphatic rings. The summed E-state index contributed by atoms with van der Waals surface area (Å²) in [6.07, 6.45) is -5.89. The predicted molar refractivity (Wildman–Crippen MR) is 97.3 cm³/mol. The molecule has 0 saturated heterocycles. The lowest BCUT2D eigenvalue weighted by molar-refractivity contribution is -0.137. The summed E-state index contributed by atoms with van der Waals surface area (Å²) < 4.78 is 43.4. The highest BCUT2D eigenvalue weighted by Gasteiger charge is 2.30. The summed E-state index contributed by atoms with van der Waals surface area (Å²) >= 11 is 0. The Kier molecular flexibility index (Phi) is 5.35. The van der Waals surface area contributed by atoms with Crippen molar-refractivity contribution in [1.82, 2.24) is 10.2 Å². The van der Waals surface area contributed by atoms with Gasteiger partial charge in [-0.25, -0.2) is 9.89 Å². The van der Waals surface area contributed by atoms with E-state index in [9.17, 15) is 27.6 Å². The number of amides is 1. The maximum absolute atomic E-state index is 12.8. The second-order valence-corrected chi connectivity index (χ2v) is 6.06. The first-order chi connectivity index (χ1) is 13.7. The van der Waals surface area contributed by atoms with Gasteiger partial charge in [-0.15, -0.1) is 0 Å². The molecule has 0 aliphatic heterocycles. The normalized spacial score (nSPS) is 12.4. The molecule has 0 bridgehead atoms. The molecular weight excluding hydrogens is 391 g/mol. The number of aromatic nitrogens is 2. The van der Waals surface area contributed by atoms with Gasteiger partial charge in [-0.05, 0) is 31.2 Å². The van der Waals surface area contributed by atoms with E-state index >= 15 is 0 Å². The van der Waals surface area contributed by atoms with Crippen LogP contribution in [0.1, 0.15) is 23.0 Å². The van der Waals surface area contributed by atoms with Gasteiger partial charge in [0.2, 0.25) is 0 Å². The van der Waals surface area contributed by atoms with Gasteiger partial charge in [-0.1, -0.05) is 24.3 Å². The van der Waals surface area contributed by atoms with E-state index in [0.717, 1.165) is 18.2 Å². The summed E-state index contributed by atoms with van der Waals surface area (Å²) in [4.78, 5) is 36.4. The summed E-state index contributed by atoms with van der Waals surface area (Å²) in [5.41, 5.74) is -1.71. The SMILES string of the molecule is C[C@H](OC(=O)c1n[nH]c(=O)c2ccccc12)C(=O)Nc1cccc(C(F)(F)F)c1. The van der Waals surface area contributed by atoms with Gasteiger partial charge in [0, 0.05) is 11.1 Å². The zero-order valence-electron chi connectivity index (χ0n) is 14.9. The second-order valence-electron chi connectivity index (χ2n) is 6.06. The fourth-order valence-corrected chi connectivity index (χ4v) is 2.56. The maximum atomic E-state index is 12.8. The number of fused-ring (bicyclic) bond motifs is 1. The van der Waals surface area contributed by atoms with Crippen LogP contribution in [0.25, 0.3) is 10.8 Å². The molecule has 1 atom stereocenters. The number of carbonyl (C=O) groups is 2. The molecule has 0 unspecified atom stereocenters. The van der Waals surface area contributed by atoms with Gasteiger partial charge in [-0.3, -0.25) is 9.59 Å². The molecule has 3 aromatic rings. The van der Waals surface area contributed by atoms with Gasteiger partial charge < -0.3 is 10.1 Å². The second kappa shape index (κ2) is 7.74. The van der Waals surface area contributed by atoms with Crippen LogP contribution in [-0.2, 0) is 15.7 Å². The van der Waals surface area contributed by atoms with Crippen LogP contribution in [0.15, 0.2) is 53.3 Å². The van der Waals surface area contributed by atoms with Gasteiger partial charge in [0.25, 0.3) is 11.5 Å². The van der Waals surface area contributed by atoms with Crippen LogP contribution in [0.5, 0.6) is 0 Å². The number of rotatable bonds is 4. The number of nitrogens with zero attached hydrogens (tertiary/aromatic N) is 1. The number of hydrogen-bond donors (Lipinski definition) is 2. The van der Waals surface area contributed by atoms with Gasteiger partial charge >= 0.3 is 12.1 Å². The van der Waals surface area contributed by atoms with Gasteiger partial charge in [0.15, 0.2) is 11.8 Å². The van der Waals surface area contributed by atoms with Crippen molar-refractivity contribution in [2.75, 3.05) is 5.32 Å². The first-order valence-electron chi connectivity index (χ1n) is 8.33. The van der Waals surface area contributed by atoms with Crippen LogP contribution < -0.4 is 10.9 Å². The van der Waals surface area contributed by atoms with Crippen LogP contribution >= 0.6 is 0 Å². The fraction of sp³-hybridized carbons (Fsp3) is 0.158. The average molecular weight is 405 g/mol. The summed E-state index contributed by atoms with van der Waals surface area (Å²) in [5, 5.41) is 8.57. The first-order valence-corrected chi connectivity index (χ1v) is 8.33. The van der Waals surface area contributed by atoms with Crippen molar-refractivity contribution in [1.29, 1.82) is 0 Å².